The third kappa shape index (κ3) is 3.34. The average Bonchev–Trinajstić information content (AvgIpc) is 3.38. The van der Waals surface area contributed by atoms with Crippen molar-refractivity contribution in [1.29, 1.82) is 0 Å². The van der Waals surface area contributed by atoms with Crippen LogP contribution in [0.3, 0.4) is 0 Å². The first-order valence-corrected chi connectivity index (χ1v) is 17.5. The molecule has 45 heavy (non-hydrogen) atoms. The molecular weight excluding hydrogens is 573 g/mol. The van der Waals surface area contributed by atoms with Gasteiger partial charge >= 0.3 is 263 Å². The summed E-state index contributed by atoms with van der Waals surface area (Å²) in [6, 6.07) is 54.9. The molecule has 0 bridgehead atoms. The molecule has 0 aliphatic carbocycles. The van der Waals surface area contributed by atoms with Crippen molar-refractivity contribution in [3.05, 3.63) is 180 Å². The van der Waals surface area contributed by atoms with Crippen LogP contribution in [0.15, 0.2) is 158 Å². The first-order valence-electron chi connectivity index (χ1n) is 15.3. The third-order valence-corrected chi connectivity index (χ3v) is 14.5. The summed E-state index contributed by atoms with van der Waals surface area (Å²) in [4.78, 5) is 0. The number of methoxy groups -OCH3 is 1. The number of hydrogen-bond acceptors (Lipinski definition) is 4. The van der Waals surface area contributed by atoms with Crippen molar-refractivity contribution in [2.24, 2.45) is 0 Å². The van der Waals surface area contributed by atoms with Gasteiger partial charge in [0.2, 0.25) is 0 Å². The molecule has 0 saturated carbocycles. The molecular formula is C39H30N2O3Si. The van der Waals surface area contributed by atoms with Crippen LogP contribution in [0.1, 0.15) is 28.3 Å². The molecule has 218 valence electrons. The Kier molecular flexibility index (Phi) is 5.43. The van der Waals surface area contributed by atoms with E-state index in [9.17, 15) is 0 Å². The molecule has 6 heteroatoms. The third-order valence-electron chi connectivity index (χ3n) is 9.36. The molecule has 1 spiro atoms. The van der Waals surface area contributed by atoms with E-state index >= 15 is 0 Å². The van der Waals surface area contributed by atoms with E-state index in [1.807, 2.05) is 12.1 Å². The summed E-state index contributed by atoms with van der Waals surface area (Å²) < 4.78 is 26.2. The second-order valence-corrected chi connectivity index (χ2v) is 15.5. The number of ether oxygens (including phenoxy) is 1. The first kappa shape index (κ1) is 25.9. The number of rotatable bonds is 4. The number of nitrogens with zero attached hydrogens (tertiary/aromatic N) is 2. The van der Waals surface area contributed by atoms with Gasteiger partial charge < -0.3 is 0 Å². The summed E-state index contributed by atoms with van der Waals surface area (Å²) in [7, 11) is -3.10. The van der Waals surface area contributed by atoms with E-state index in [1.165, 1.54) is 0 Å². The van der Waals surface area contributed by atoms with Gasteiger partial charge in [0, 0.05) is 0 Å². The number of anilines is 1. The van der Waals surface area contributed by atoms with E-state index in [2.05, 4.69) is 154 Å². The fourth-order valence-corrected chi connectivity index (χ4v) is 13.5. The maximum atomic E-state index is 7.79. The van der Waals surface area contributed by atoms with Gasteiger partial charge in [0.05, 0.1) is 0 Å². The molecule has 0 unspecified atom stereocenters. The van der Waals surface area contributed by atoms with E-state index in [4.69, 9.17) is 13.6 Å². The molecule has 5 nitrogen and oxygen atoms in total. The van der Waals surface area contributed by atoms with Crippen LogP contribution in [-0.4, -0.2) is 25.2 Å². The van der Waals surface area contributed by atoms with E-state index in [0.717, 1.165) is 61.8 Å². The summed E-state index contributed by atoms with van der Waals surface area (Å²) in [5.74, 6) is 2.27. The Morgan fingerprint density at radius 2 is 1.29 bits per heavy atom. The molecule has 6 aromatic carbocycles. The van der Waals surface area contributed by atoms with Crippen molar-refractivity contribution in [3.63, 3.8) is 0 Å². The zero-order valence-electron chi connectivity index (χ0n) is 24.7. The second-order valence-electron chi connectivity index (χ2n) is 11.7. The summed E-state index contributed by atoms with van der Waals surface area (Å²) in [5.41, 5.74) is 7.46. The van der Waals surface area contributed by atoms with Gasteiger partial charge in [-0.15, -0.1) is 0 Å². The van der Waals surface area contributed by atoms with Crippen molar-refractivity contribution < 1.29 is 17.8 Å². The molecule has 0 fully saturated rings. The summed E-state index contributed by atoms with van der Waals surface area (Å²) in [6.07, 6.45) is 0. The van der Waals surface area contributed by atoms with Crippen LogP contribution in [0.4, 0.5) is 11.4 Å². The van der Waals surface area contributed by atoms with Crippen LogP contribution in [0.25, 0.3) is 0 Å². The number of fused-ring (bicyclic) bond motifs is 5. The van der Waals surface area contributed by atoms with Gasteiger partial charge in [0.1, 0.15) is 0 Å². The predicted octanol–water partition coefficient (Wildman–Crippen LogP) is 7.57. The van der Waals surface area contributed by atoms with Gasteiger partial charge in [0.25, 0.3) is 0 Å². The summed E-state index contributed by atoms with van der Waals surface area (Å²) in [5, 5.41) is 0.992. The zero-order chi connectivity index (χ0) is 30.0. The molecule has 3 heterocycles. The molecule has 3 aliphatic rings. The van der Waals surface area contributed by atoms with Gasteiger partial charge in [-0.1, -0.05) is 0 Å². The molecule has 9 rings (SSSR count). The van der Waals surface area contributed by atoms with E-state index in [-0.39, 0.29) is 6.04 Å². The van der Waals surface area contributed by atoms with Crippen LogP contribution in [-0.2, 0) is 0 Å². The monoisotopic (exact) mass is 602 g/mol. The Hall–Kier alpha value is -5.59. The Bertz CT molecular complexity index is 2140. The maximum absolute atomic E-state index is 7.79. The number of para-hydroxylation sites is 3. The molecule has 0 saturated heterocycles. The van der Waals surface area contributed by atoms with Crippen LogP contribution >= 0.6 is 0 Å². The van der Waals surface area contributed by atoms with Crippen molar-refractivity contribution in [2.75, 3.05) is 11.7 Å². The molecule has 0 aromatic heterocycles. The van der Waals surface area contributed by atoms with Gasteiger partial charge in [-0.3, -0.25) is 0 Å². The SMILES string of the molecule is COc1ccc2c(c1)O[Si-]13(c4ccccc4)Oc4ccccc4[C@H](c4ccccc4)N1c1ccccc1[N+]3=C2c1ccccc1. The van der Waals surface area contributed by atoms with Gasteiger partial charge in [-0.2, -0.15) is 0 Å². The minimum absolute atomic E-state index is 0.194. The fraction of sp³-hybridized carbons (Fsp3) is 0.0513. The molecule has 0 amide bonds. The average molecular weight is 603 g/mol. The van der Waals surface area contributed by atoms with Gasteiger partial charge in [0.15, 0.2) is 0 Å². The predicted molar refractivity (Wildman–Crippen MR) is 179 cm³/mol. The Labute approximate surface area is 262 Å². The van der Waals surface area contributed by atoms with E-state index in [0.29, 0.717) is 0 Å². The standard InChI is InChI=1S/C39H30N2O3Si/c1-42-30-25-26-33-37(27-30)44-45(31-19-9-4-10-20-31)40(38(28-15-5-2-6-16-28)32-21-11-14-24-36(32)43-45)34-22-12-13-23-35(34)41(45)39(33)29-17-7-3-8-18-29/h2-27,38H,1H3/t38-/m0/s1. The summed E-state index contributed by atoms with van der Waals surface area (Å²) >= 11 is 0. The van der Waals surface area contributed by atoms with Crippen LogP contribution < -0.4 is 23.3 Å². The van der Waals surface area contributed by atoms with Crippen molar-refractivity contribution in [1.82, 2.24) is 0 Å². The van der Waals surface area contributed by atoms with Gasteiger partial charge in [-0.25, -0.2) is 0 Å². The second kappa shape index (κ2) is 9.45. The number of hydrogen-bond donors (Lipinski definition) is 0. The van der Waals surface area contributed by atoms with E-state index in [1.54, 1.807) is 7.11 Å². The van der Waals surface area contributed by atoms with Crippen LogP contribution in [0.2, 0.25) is 0 Å². The van der Waals surface area contributed by atoms with Crippen LogP contribution in [0, 0.1) is 0 Å². The van der Waals surface area contributed by atoms with Crippen LogP contribution in [0.5, 0.6) is 17.2 Å². The van der Waals surface area contributed by atoms with Crippen molar-refractivity contribution in [2.45, 2.75) is 6.04 Å². The quantitative estimate of drug-likeness (QED) is 0.195. The zero-order valence-corrected chi connectivity index (χ0v) is 25.7. The Morgan fingerprint density at radius 1 is 0.644 bits per heavy atom. The van der Waals surface area contributed by atoms with E-state index < -0.39 is 8.16 Å². The van der Waals surface area contributed by atoms with Crippen molar-refractivity contribution in [3.8, 4) is 17.2 Å². The summed E-state index contributed by atoms with van der Waals surface area (Å²) in [6.45, 7) is 0. The van der Waals surface area contributed by atoms with Crippen molar-refractivity contribution >= 4 is 30.4 Å². The molecule has 3 aliphatic heterocycles. The Morgan fingerprint density at radius 3 is 2.07 bits per heavy atom. The first-order chi connectivity index (χ1) is 22.2. The molecule has 1 atom stereocenters. The molecule has 6 aromatic rings. The molecule has 0 radical (unpaired) electrons. The number of benzene rings is 6. The fourth-order valence-electron chi connectivity index (χ4n) is 7.60. The minimum atomic E-state index is -4.79. The Balaban J connectivity index is 1.54. The van der Waals surface area contributed by atoms with Gasteiger partial charge in [-0.05, 0) is 0 Å². The molecule has 0 N–H and O–H groups in total. The normalized spacial score (nSPS) is 18.8. The topological polar surface area (TPSA) is 33.9 Å².